The van der Waals surface area contributed by atoms with Crippen LogP contribution >= 0.6 is 0 Å². The molecule has 11 heteroatoms. The summed E-state index contributed by atoms with van der Waals surface area (Å²) in [6.45, 7) is 1.82. The third kappa shape index (κ3) is 5.92. The minimum Gasteiger partial charge on any atom is -0.743 e. The molecule has 0 aliphatic carbocycles. The van der Waals surface area contributed by atoms with Crippen molar-refractivity contribution in [2.75, 3.05) is 0 Å². The van der Waals surface area contributed by atoms with Crippen molar-refractivity contribution in [3.8, 4) is 0 Å². The molecular formula is C10H15F6KO3S. The zero-order valence-electron chi connectivity index (χ0n) is 11.6. The molecule has 0 fully saturated rings. The van der Waals surface area contributed by atoms with Crippen LogP contribution in [-0.4, -0.2) is 30.1 Å². The topological polar surface area (TPSA) is 57.2 Å². The van der Waals surface area contributed by atoms with E-state index in [9.17, 15) is 39.3 Å². The molecule has 0 unspecified atom stereocenters. The molecule has 0 aromatic carbocycles. The summed E-state index contributed by atoms with van der Waals surface area (Å²) in [5.74, 6) is -11.5. The Labute approximate surface area is 162 Å². The van der Waals surface area contributed by atoms with E-state index in [0.29, 0.717) is 12.8 Å². The molecule has 122 valence electrons. The number of rotatable bonds is 9. The Morgan fingerprint density at radius 2 is 1.33 bits per heavy atom. The van der Waals surface area contributed by atoms with Gasteiger partial charge in [-0.1, -0.05) is 32.6 Å². The maximum absolute atomic E-state index is 13.1. The summed E-state index contributed by atoms with van der Waals surface area (Å²) in [5.41, 5.74) is 0. The Bertz CT molecular complexity index is 413. The number of hydrogen-bond acceptors (Lipinski definition) is 3. The van der Waals surface area contributed by atoms with Gasteiger partial charge < -0.3 is 4.55 Å². The third-order valence-corrected chi connectivity index (χ3v) is 3.62. The van der Waals surface area contributed by atoms with Gasteiger partial charge in [0.05, 0.1) is 0 Å². The van der Waals surface area contributed by atoms with Gasteiger partial charge in [-0.25, -0.2) is 8.42 Å². The van der Waals surface area contributed by atoms with Crippen molar-refractivity contribution in [3.63, 3.8) is 0 Å². The quantitative estimate of drug-likeness (QED) is 0.261. The molecule has 21 heavy (non-hydrogen) atoms. The van der Waals surface area contributed by atoms with Gasteiger partial charge in [-0.2, -0.15) is 26.3 Å². The first kappa shape index (κ1) is 24.4. The molecule has 0 bridgehead atoms. The van der Waals surface area contributed by atoms with Crippen LogP contribution in [0.25, 0.3) is 0 Å². The van der Waals surface area contributed by atoms with Crippen LogP contribution in [0.3, 0.4) is 0 Å². The van der Waals surface area contributed by atoms with Crippen molar-refractivity contribution in [3.05, 3.63) is 0 Å². The van der Waals surface area contributed by atoms with E-state index < -0.39 is 40.1 Å². The van der Waals surface area contributed by atoms with E-state index in [2.05, 4.69) is 0 Å². The SMILES string of the molecule is CCCCCCCC(F)(F)C(F)(F)C(F)(F)S(=O)(=O)[O-].[K+]. The first-order chi connectivity index (χ1) is 8.81. The summed E-state index contributed by atoms with van der Waals surface area (Å²) in [6, 6.07) is 0. The van der Waals surface area contributed by atoms with Gasteiger partial charge in [-0.3, -0.25) is 0 Å². The van der Waals surface area contributed by atoms with E-state index in [1.165, 1.54) is 0 Å². The standard InChI is InChI=1S/C10H16F6O3S.K/c1-2-3-4-5-6-7-8(11,12)9(13,14)10(15,16)20(17,18)19;/h2-7H2,1H3,(H,17,18,19);/q;+1/p-1. The second-order valence-electron chi connectivity index (χ2n) is 4.41. The first-order valence-corrected chi connectivity index (χ1v) is 7.31. The van der Waals surface area contributed by atoms with Gasteiger partial charge in [0.1, 0.15) is 0 Å². The van der Waals surface area contributed by atoms with Crippen LogP contribution in [0, 0.1) is 0 Å². The van der Waals surface area contributed by atoms with Crippen LogP contribution in [0.2, 0.25) is 0 Å². The molecule has 0 atom stereocenters. The van der Waals surface area contributed by atoms with Crippen LogP contribution in [0.5, 0.6) is 0 Å². The van der Waals surface area contributed by atoms with Gasteiger partial charge in [-0.15, -0.1) is 0 Å². The molecule has 0 aliphatic rings. The number of alkyl halides is 6. The largest absolute Gasteiger partial charge is 1.00 e. The molecule has 0 aromatic heterocycles. The molecule has 0 saturated heterocycles. The third-order valence-electron chi connectivity index (χ3n) is 2.73. The van der Waals surface area contributed by atoms with E-state index in [-0.39, 0.29) is 57.8 Å². The van der Waals surface area contributed by atoms with E-state index >= 15 is 0 Å². The average Bonchev–Trinajstić information content (AvgIpc) is 2.26. The van der Waals surface area contributed by atoms with E-state index in [1.807, 2.05) is 6.92 Å². The zero-order valence-corrected chi connectivity index (χ0v) is 15.6. The second-order valence-corrected chi connectivity index (χ2v) is 5.83. The Balaban J connectivity index is 0. The fraction of sp³-hybridized carbons (Fsp3) is 1.00. The normalized spacial score (nSPS) is 13.9. The summed E-state index contributed by atoms with van der Waals surface area (Å²) in [6.07, 6.45) is -0.0673. The van der Waals surface area contributed by atoms with Gasteiger partial charge in [0.2, 0.25) is 0 Å². The molecule has 0 amide bonds. The van der Waals surface area contributed by atoms with Crippen molar-refractivity contribution in [1.29, 1.82) is 0 Å². The maximum Gasteiger partial charge on any atom is 1.00 e. The number of hydrogen-bond donors (Lipinski definition) is 0. The van der Waals surface area contributed by atoms with Crippen LogP contribution in [0.4, 0.5) is 26.3 Å². The molecule has 0 N–H and O–H groups in total. The molecule has 0 spiro atoms. The van der Waals surface area contributed by atoms with Crippen molar-refractivity contribution in [2.45, 2.75) is 62.5 Å². The van der Waals surface area contributed by atoms with Crippen LogP contribution in [0.15, 0.2) is 0 Å². The predicted molar refractivity (Wildman–Crippen MR) is 57.9 cm³/mol. The molecule has 0 heterocycles. The van der Waals surface area contributed by atoms with Crippen molar-refractivity contribution in [1.82, 2.24) is 0 Å². The molecule has 0 radical (unpaired) electrons. The smallest absolute Gasteiger partial charge is 0.743 e. The van der Waals surface area contributed by atoms with Crippen molar-refractivity contribution < 1.29 is 90.7 Å². The monoisotopic (exact) mass is 368 g/mol. The Kier molecular flexibility index (Phi) is 10.3. The Morgan fingerprint density at radius 1 is 0.905 bits per heavy atom. The van der Waals surface area contributed by atoms with Crippen molar-refractivity contribution >= 4 is 10.1 Å². The van der Waals surface area contributed by atoms with Gasteiger partial charge >= 0.3 is 68.5 Å². The minimum absolute atomic E-state index is 0. The molecule has 0 aliphatic heterocycles. The average molecular weight is 368 g/mol. The second kappa shape index (κ2) is 8.83. The Hall–Kier alpha value is 1.13. The van der Waals surface area contributed by atoms with Gasteiger partial charge in [0.15, 0.2) is 10.1 Å². The molecule has 0 rings (SSSR count). The summed E-state index contributed by atoms with van der Waals surface area (Å²) in [4.78, 5) is 0. The van der Waals surface area contributed by atoms with Gasteiger partial charge in [0.25, 0.3) is 0 Å². The van der Waals surface area contributed by atoms with Gasteiger partial charge in [0, 0.05) is 6.42 Å². The summed E-state index contributed by atoms with van der Waals surface area (Å²) < 4.78 is 108. The van der Waals surface area contributed by atoms with Gasteiger partial charge in [-0.05, 0) is 6.42 Å². The first-order valence-electron chi connectivity index (χ1n) is 5.90. The summed E-state index contributed by atoms with van der Waals surface area (Å²) >= 11 is 0. The predicted octanol–water partition coefficient (Wildman–Crippen LogP) is 0.760. The Morgan fingerprint density at radius 3 is 1.71 bits per heavy atom. The molecular weight excluding hydrogens is 353 g/mol. The fourth-order valence-corrected chi connectivity index (χ4v) is 1.94. The van der Waals surface area contributed by atoms with E-state index in [4.69, 9.17) is 0 Å². The summed E-state index contributed by atoms with van der Waals surface area (Å²) in [5, 5.41) is -6.35. The zero-order chi connectivity index (χ0) is 16.2. The van der Waals surface area contributed by atoms with Crippen LogP contribution < -0.4 is 51.4 Å². The number of halogens is 6. The minimum atomic E-state index is -6.90. The maximum atomic E-state index is 13.1. The van der Waals surface area contributed by atoms with Crippen LogP contribution in [-0.2, 0) is 10.1 Å². The molecule has 0 saturated carbocycles. The van der Waals surface area contributed by atoms with Crippen molar-refractivity contribution in [2.24, 2.45) is 0 Å². The van der Waals surface area contributed by atoms with Crippen LogP contribution in [0.1, 0.15) is 45.4 Å². The molecule has 0 aromatic rings. The molecule has 3 nitrogen and oxygen atoms in total. The fourth-order valence-electron chi connectivity index (χ4n) is 1.48. The summed E-state index contributed by atoms with van der Waals surface area (Å²) in [7, 11) is -6.90. The van der Waals surface area contributed by atoms with E-state index in [1.54, 1.807) is 0 Å². The van der Waals surface area contributed by atoms with E-state index in [0.717, 1.165) is 6.42 Å². The number of unbranched alkanes of at least 4 members (excludes halogenated alkanes) is 4.